The second-order valence-electron chi connectivity index (χ2n) is 2.76. The maximum atomic E-state index is 12.1. The van der Waals surface area contributed by atoms with E-state index in [4.69, 9.17) is 16.7 Å². The summed E-state index contributed by atoms with van der Waals surface area (Å²) in [7, 11) is 0. The van der Waals surface area contributed by atoms with Crippen molar-refractivity contribution < 1.29 is 27.8 Å². The molecule has 0 radical (unpaired) electrons. The van der Waals surface area contributed by atoms with Crippen LogP contribution in [0.5, 0.6) is 5.75 Å². The average molecular weight is 381 g/mol. The molecule has 9 heteroatoms. The third kappa shape index (κ3) is 3.60. The molecule has 17 heavy (non-hydrogen) atoms. The minimum atomic E-state index is -4.93. The number of nitrogens with zero attached hydrogens (tertiary/aromatic N) is 1. The second kappa shape index (κ2) is 5.25. The monoisotopic (exact) mass is 381 g/mol. The van der Waals surface area contributed by atoms with Crippen molar-refractivity contribution in [3.63, 3.8) is 0 Å². The van der Waals surface area contributed by atoms with E-state index in [9.17, 15) is 18.0 Å². The Kier molecular flexibility index (Phi) is 4.42. The van der Waals surface area contributed by atoms with Crippen molar-refractivity contribution in [1.29, 1.82) is 0 Å². The van der Waals surface area contributed by atoms with Gasteiger partial charge in [-0.05, 0) is 22.6 Å². The number of aromatic nitrogens is 1. The van der Waals surface area contributed by atoms with Crippen LogP contribution in [0.3, 0.4) is 0 Å². The number of carboxylic acids is 1. The fourth-order valence-corrected chi connectivity index (χ4v) is 1.88. The van der Waals surface area contributed by atoms with Crippen LogP contribution in [-0.2, 0) is 5.88 Å². The Morgan fingerprint density at radius 3 is 2.59 bits per heavy atom. The predicted octanol–water partition coefficient (Wildman–Crippen LogP) is 3.02. The molecular weight excluding hydrogens is 377 g/mol. The Bertz CT molecular complexity index is 452. The number of alkyl halides is 4. The summed E-state index contributed by atoms with van der Waals surface area (Å²) in [5.74, 6) is -2.52. The average Bonchev–Trinajstić information content (AvgIpc) is 2.18. The summed E-state index contributed by atoms with van der Waals surface area (Å²) < 4.78 is 40.0. The molecule has 0 saturated heterocycles. The van der Waals surface area contributed by atoms with Crippen LogP contribution >= 0.6 is 34.2 Å². The van der Waals surface area contributed by atoms with E-state index in [0.717, 1.165) is 6.20 Å². The molecule has 4 nitrogen and oxygen atoms in total. The zero-order valence-corrected chi connectivity index (χ0v) is 10.8. The largest absolute Gasteiger partial charge is 0.573 e. The van der Waals surface area contributed by atoms with Crippen molar-refractivity contribution >= 4 is 40.2 Å². The van der Waals surface area contributed by atoms with Gasteiger partial charge in [-0.15, -0.1) is 24.8 Å². The molecule has 94 valence electrons. The van der Waals surface area contributed by atoms with E-state index < -0.39 is 29.5 Å². The van der Waals surface area contributed by atoms with Gasteiger partial charge in [0, 0.05) is 11.8 Å². The van der Waals surface area contributed by atoms with Crippen LogP contribution in [0.1, 0.15) is 15.9 Å². The third-order valence-corrected chi connectivity index (χ3v) is 2.71. The lowest BCUT2D eigenvalue weighted by molar-refractivity contribution is -0.275. The number of aromatic carboxylic acids is 1. The van der Waals surface area contributed by atoms with E-state index in [1.165, 1.54) is 22.6 Å². The highest BCUT2D eigenvalue weighted by molar-refractivity contribution is 14.1. The van der Waals surface area contributed by atoms with Gasteiger partial charge in [0.1, 0.15) is 3.70 Å². The molecule has 0 spiro atoms. The Hall–Kier alpha value is -0.770. The highest BCUT2D eigenvalue weighted by Crippen LogP contribution is 2.33. The highest BCUT2D eigenvalue weighted by Gasteiger charge is 2.34. The van der Waals surface area contributed by atoms with E-state index >= 15 is 0 Å². The van der Waals surface area contributed by atoms with E-state index in [2.05, 4.69) is 9.72 Å². The molecule has 0 fully saturated rings. The second-order valence-corrected chi connectivity index (χ2v) is 4.05. The lowest BCUT2D eigenvalue weighted by Crippen LogP contribution is -2.20. The number of hydrogen-bond acceptors (Lipinski definition) is 3. The van der Waals surface area contributed by atoms with Crippen LogP contribution < -0.4 is 4.74 Å². The normalized spacial score (nSPS) is 11.4. The molecule has 1 aromatic rings. The summed E-state index contributed by atoms with van der Waals surface area (Å²) in [5, 5.41) is 8.77. The van der Waals surface area contributed by atoms with Crippen molar-refractivity contribution in [2.75, 3.05) is 0 Å². The number of rotatable bonds is 3. The summed E-state index contributed by atoms with van der Waals surface area (Å²) in [5.41, 5.74) is -0.671. The van der Waals surface area contributed by atoms with Crippen LogP contribution in [0.15, 0.2) is 6.20 Å². The van der Waals surface area contributed by atoms with Gasteiger partial charge < -0.3 is 9.84 Å². The number of ether oxygens (including phenoxy) is 1. The number of pyridine rings is 1. The zero-order valence-electron chi connectivity index (χ0n) is 7.89. The Labute approximate surface area is 112 Å². The van der Waals surface area contributed by atoms with Gasteiger partial charge in [-0.25, -0.2) is 9.78 Å². The molecule has 0 aliphatic carbocycles. The van der Waals surface area contributed by atoms with Gasteiger partial charge in [0.2, 0.25) is 0 Å². The smallest absolute Gasteiger partial charge is 0.478 e. The Morgan fingerprint density at radius 1 is 1.59 bits per heavy atom. The van der Waals surface area contributed by atoms with Crippen molar-refractivity contribution in [3.05, 3.63) is 21.0 Å². The van der Waals surface area contributed by atoms with E-state index in [1.54, 1.807) is 0 Å². The fourth-order valence-electron chi connectivity index (χ4n) is 1.04. The number of hydrogen-bond donors (Lipinski definition) is 1. The van der Waals surface area contributed by atoms with Crippen molar-refractivity contribution in [2.45, 2.75) is 12.2 Å². The minimum absolute atomic E-state index is 0.111. The maximum absolute atomic E-state index is 12.1. The van der Waals surface area contributed by atoms with Gasteiger partial charge in [0.25, 0.3) is 0 Å². The molecule has 0 saturated carbocycles. The summed E-state index contributed by atoms with van der Waals surface area (Å²) in [6.45, 7) is 0. The summed E-state index contributed by atoms with van der Waals surface area (Å²) in [6.07, 6.45) is -4.00. The minimum Gasteiger partial charge on any atom is -0.478 e. The predicted molar refractivity (Wildman–Crippen MR) is 60.2 cm³/mol. The molecule has 1 rings (SSSR count). The highest BCUT2D eigenvalue weighted by atomic mass is 127. The van der Waals surface area contributed by atoms with Crippen LogP contribution in [0.2, 0.25) is 0 Å². The number of carboxylic acid groups (broad SMARTS) is 1. The zero-order chi connectivity index (χ0) is 13.2. The first-order valence-electron chi connectivity index (χ1n) is 3.98. The maximum Gasteiger partial charge on any atom is 0.573 e. The van der Waals surface area contributed by atoms with Crippen LogP contribution in [0, 0.1) is 3.70 Å². The van der Waals surface area contributed by atoms with Crippen LogP contribution in [0.4, 0.5) is 13.2 Å². The van der Waals surface area contributed by atoms with Gasteiger partial charge in [-0.1, -0.05) is 0 Å². The summed E-state index contributed by atoms with van der Waals surface area (Å²) in [4.78, 5) is 14.3. The van der Waals surface area contributed by atoms with Crippen molar-refractivity contribution in [2.24, 2.45) is 0 Å². The van der Waals surface area contributed by atoms with E-state index in [0.29, 0.717) is 0 Å². The molecule has 0 bridgehead atoms. The molecule has 0 amide bonds. The SMILES string of the molecule is O=C(O)c1cnc(I)c(OC(F)(F)F)c1CCl. The molecule has 1 aromatic heterocycles. The van der Waals surface area contributed by atoms with Gasteiger partial charge in [0.05, 0.1) is 11.4 Å². The van der Waals surface area contributed by atoms with Crippen molar-refractivity contribution in [1.82, 2.24) is 4.98 Å². The molecule has 1 heterocycles. The summed E-state index contributed by atoms with van der Waals surface area (Å²) >= 11 is 6.94. The first-order valence-corrected chi connectivity index (χ1v) is 5.60. The first-order chi connectivity index (χ1) is 7.76. The molecular formula is C8H4ClF3INO3. The summed E-state index contributed by atoms with van der Waals surface area (Å²) in [6, 6.07) is 0. The van der Waals surface area contributed by atoms with Crippen LogP contribution in [0.25, 0.3) is 0 Å². The molecule has 0 aliphatic heterocycles. The number of halogens is 5. The molecule has 0 aromatic carbocycles. The molecule has 0 aliphatic rings. The van der Waals surface area contributed by atoms with Gasteiger partial charge in [0.15, 0.2) is 5.75 Å². The standard InChI is InChI=1S/C8H4ClF3INO3/c9-1-3-4(7(15)16)2-14-6(13)5(3)17-8(10,11)12/h2H,1H2,(H,15,16). The van der Waals surface area contributed by atoms with Crippen molar-refractivity contribution in [3.8, 4) is 5.75 Å². The topological polar surface area (TPSA) is 59.4 Å². The fraction of sp³-hybridized carbons (Fsp3) is 0.250. The lowest BCUT2D eigenvalue weighted by atomic mass is 10.1. The lowest BCUT2D eigenvalue weighted by Gasteiger charge is -2.14. The first kappa shape index (κ1) is 14.3. The third-order valence-electron chi connectivity index (χ3n) is 1.68. The molecule has 0 atom stereocenters. The Balaban J connectivity index is 3.35. The van der Waals surface area contributed by atoms with Gasteiger partial charge in [-0.2, -0.15) is 0 Å². The number of carbonyl (C=O) groups is 1. The van der Waals surface area contributed by atoms with Gasteiger partial charge >= 0.3 is 12.3 Å². The van der Waals surface area contributed by atoms with E-state index in [-0.39, 0.29) is 9.26 Å². The Morgan fingerprint density at radius 2 is 2.18 bits per heavy atom. The molecule has 0 unspecified atom stereocenters. The quantitative estimate of drug-likeness (QED) is 0.497. The van der Waals surface area contributed by atoms with E-state index in [1.807, 2.05) is 0 Å². The van der Waals surface area contributed by atoms with Crippen LogP contribution in [-0.4, -0.2) is 22.4 Å². The molecule has 1 N–H and O–H groups in total. The van der Waals surface area contributed by atoms with Gasteiger partial charge in [-0.3, -0.25) is 0 Å².